The first-order chi connectivity index (χ1) is 7.57. The van der Waals surface area contributed by atoms with Crippen molar-refractivity contribution in [3.63, 3.8) is 0 Å². The van der Waals surface area contributed by atoms with Crippen molar-refractivity contribution in [3.05, 3.63) is 29.8 Å². The van der Waals surface area contributed by atoms with Crippen LogP contribution < -0.4 is 10.2 Å². The highest BCUT2D eigenvalue weighted by Gasteiger charge is 2.16. The second-order valence-corrected chi connectivity index (χ2v) is 4.84. The predicted molar refractivity (Wildman–Crippen MR) is 66.8 cm³/mol. The van der Waals surface area contributed by atoms with Gasteiger partial charge in [-0.2, -0.15) is 0 Å². The molecule has 0 unspecified atom stereocenters. The number of rotatable bonds is 2. The van der Waals surface area contributed by atoms with Gasteiger partial charge >= 0.3 is 0 Å². The Kier molecular flexibility index (Phi) is 3.17. The van der Waals surface area contributed by atoms with Gasteiger partial charge in [0.25, 0.3) is 0 Å². The van der Waals surface area contributed by atoms with Crippen LogP contribution in [-0.2, 0) is 5.60 Å². The first kappa shape index (κ1) is 11.4. The molecular formula is C13H20N2O. The minimum absolute atomic E-state index is 0.748. The lowest BCUT2D eigenvalue weighted by Crippen LogP contribution is -2.43. The Hall–Kier alpha value is -1.06. The maximum absolute atomic E-state index is 9.87. The number of piperazine rings is 1. The zero-order valence-electron chi connectivity index (χ0n) is 10.0. The average Bonchev–Trinajstić information content (AvgIpc) is 2.29. The maximum atomic E-state index is 9.87. The minimum atomic E-state index is -0.748. The molecule has 1 aromatic carbocycles. The molecule has 0 aromatic heterocycles. The Bertz CT molecular complexity index is 334. The molecule has 2 N–H and O–H groups in total. The second-order valence-electron chi connectivity index (χ2n) is 4.84. The number of nitrogens with zero attached hydrogens (tertiary/aromatic N) is 1. The van der Waals surface area contributed by atoms with Crippen molar-refractivity contribution in [2.24, 2.45) is 0 Å². The largest absolute Gasteiger partial charge is 0.386 e. The molecule has 0 atom stereocenters. The van der Waals surface area contributed by atoms with Crippen molar-refractivity contribution in [2.75, 3.05) is 31.1 Å². The topological polar surface area (TPSA) is 35.5 Å². The molecular weight excluding hydrogens is 200 g/mol. The van der Waals surface area contributed by atoms with Crippen LogP contribution in [0.1, 0.15) is 19.4 Å². The smallest absolute Gasteiger partial charge is 0.0840 e. The van der Waals surface area contributed by atoms with Crippen molar-refractivity contribution in [1.82, 2.24) is 5.32 Å². The van der Waals surface area contributed by atoms with Gasteiger partial charge < -0.3 is 15.3 Å². The number of nitrogens with one attached hydrogen (secondary N) is 1. The molecule has 88 valence electrons. The molecule has 16 heavy (non-hydrogen) atoms. The van der Waals surface area contributed by atoms with E-state index in [4.69, 9.17) is 0 Å². The van der Waals surface area contributed by atoms with Crippen LogP contribution in [0.25, 0.3) is 0 Å². The van der Waals surface area contributed by atoms with E-state index in [1.54, 1.807) is 0 Å². The second kappa shape index (κ2) is 4.44. The Labute approximate surface area is 97.1 Å². The molecule has 1 aliphatic heterocycles. The molecule has 2 rings (SSSR count). The molecule has 3 heteroatoms. The fraction of sp³-hybridized carbons (Fsp3) is 0.538. The van der Waals surface area contributed by atoms with Crippen molar-refractivity contribution in [1.29, 1.82) is 0 Å². The van der Waals surface area contributed by atoms with Gasteiger partial charge in [0, 0.05) is 31.9 Å². The van der Waals surface area contributed by atoms with Gasteiger partial charge in [0.2, 0.25) is 0 Å². The standard InChI is InChI=1S/C13H20N2O/c1-13(2,16)11-3-5-12(6-4-11)15-9-7-14-8-10-15/h3-6,14,16H,7-10H2,1-2H3. The summed E-state index contributed by atoms with van der Waals surface area (Å²) in [6.07, 6.45) is 0. The molecule has 1 heterocycles. The highest BCUT2D eigenvalue weighted by Crippen LogP contribution is 2.23. The van der Waals surface area contributed by atoms with Crippen molar-refractivity contribution >= 4 is 5.69 Å². The summed E-state index contributed by atoms with van der Waals surface area (Å²) in [6.45, 7) is 7.84. The predicted octanol–water partition coefficient (Wildman–Crippen LogP) is 1.32. The molecule has 0 amide bonds. The van der Waals surface area contributed by atoms with Crippen LogP contribution in [0.2, 0.25) is 0 Å². The van der Waals surface area contributed by atoms with Gasteiger partial charge in [-0.3, -0.25) is 0 Å². The maximum Gasteiger partial charge on any atom is 0.0840 e. The van der Waals surface area contributed by atoms with Gasteiger partial charge in [0.1, 0.15) is 0 Å². The van der Waals surface area contributed by atoms with Gasteiger partial charge in [-0.1, -0.05) is 12.1 Å². The molecule has 0 radical (unpaired) electrons. The molecule has 3 nitrogen and oxygen atoms in total. The van der Waals surface area contributed by atoms with E-state index < -0.39 is 5.60 Å². The highest BCUT2D eigenvalue weighted by molar-refractivity contribution is 5.48. The number of anilines is 1. The normalized spacial score (nSPS) is 17.6. The van der Waals surface area contributed by atoms with Crippen LogP contribution in [-0.4, -0.2) is 31.3 Å². The van der Waals surface area contributed by atoms with Crippen molar-refractivity contribution < 1.29 is 5.11 Å². The zero-order valence-corrected chi connectivity index (χ0v) is 10.0. The van der Waals surface area contributed by atoms with Crippen LogP contribution in [0.5, 0.6) is 0 Å². The summed E-state index contributed by atoms with van der Waals surface area (Å²) >= 11 is 0. The van der Waals surface area contributed by atoms with E-state index in [1.165, 1.54) is 5.69 Å². The number of hydrogen-bond acceptors (Lipinski definition) is 3. The van der Waals surface area contributed by atoms with Gasteiger partial charge in [-0.15, -0.1) is 0 Å². The van der Waals surface area contributed by atoms with Gasteiger partial charge in [0.05, 0.1) is 5.60 Å². The molecule has 1 fully saturated rings. The van der Waals surface area contributed by atoms with Crippen LogP contribution in [0.15, 0.2) is 24.3 Å². The van der Waals surface area contributed by atoms with E-state index in [0.29, 0.717) is 0 Å². The Balaban J connectivity index is 2.12. The molecule has 1 saturated heterocycles. The fourth-order valence-electron chi connectivity index (χ4n) is 2.00. The number of hydrogen-bond donors (Lipinski definition) is 2. The molecule has 0 saturated carbocycles. The number of aliphatic hydroxyl groups is 1. The third-order valence-electron chi connectivity index (χ3n) is 3.06. The summed E-state index contributed by atoms with van der Waals surface area (Å²) in [5.74, 6) is 0. The summed E-state index contributed by atoms with van der Waals surface area (Å²) in [6, 6.07) is 8.21. The lowest BCUT2D eigenvalue weighted by atomic mass is 9.98. The first-order valence-corrected chi connectivity index (χ1v) is 5.86. The minimum Gasteiger partial charge on any atom is -0.386 e. The van der Waals surface area contributed by atoms with Crippen LogP contribution in [0.3, 0.4) is 0 Å². The van der Waals surface area contributed by atoms with E-state index in [9.17, 15) is 5.11 Å². The van der Waals surface area contributed by atoms with Gasteiger partial charge in [-0.05, 0) is 31.5 Å². The first-order valence-electron chi connectivity index (χ1n) is 5.86. The Morgan fingerprint density at radius 1 is 1.12 bits per heavy atom. The average molecular weight is 220 g/mol. The summed E-state index contributed by atoms with van der Waals surface area (Å²) in [4.78, 5) is 2.37. The molecule has 0 spiro atoms. The van der Waals surface area contributed by atoms with E-state index >= 15 is 0 Å². The van der Waals surface area contributed by atoms with Crippen molar-refractivity contribution in [3.8, 4) is 0 Å². The van der Waals surface area contributed by atoms with Crippen LogP contribution in [0, 0.1) is 0 Å². The molecule has 0 aliphatic carbocycles. The van der Waals surface area contributed by atoms with Gasteiger partial charge in [0.15, 0.2) is 0 Å². The van der Waals surface area contributed by atoms with Crippen LogP contribution >= 0.6 is 0 Å². The van der Waals surface area contributed by atoms with Crippen LogP contribution in [0.4, 0.5) is 5.69 Å². The fourth-order valence-corrected chi connectivity index (χ4v) is 2.00. The van der Waals surface area contributed by atoms with E-state index in [-0.39, 0.29) is 0 Å². The SMILES string of the molecule is CC(C)(O)c1ccc(N2CCNCC2)cc1. The summed E-state index contributed by atoms with van der Waals surface area (Å²) in [5.41, 5.74) is 1.46. The molecule has 1 aliphatic rings. The summed E-state index contributed by atoms with van der Waals surface area (Å²) < 4.78 is 0. The number of benzene rings is 1. The van der Waals surface area contributed by atoms with E-state index in [1.807, 2.05) is 26.0 Å². The summed E-state index contributed by atoms with van der Waals surface area (Å²) in [7, 11) is 0. The summed E-state index contributed by atoms with van der Waals surface area (Å²) in [5, 5.41) is 13.2. The quantitative estimate of drug-likeness (QED) is 0.789. The van der Waals surface area contributed by atoms with Crippen molar-refractivity contribution in [2.45, 2.75) is 19.4 Å². The molecule has 1 aromatic rings. The lowest BCUT2D eigenvalue weighted by Gasteiger charge is -2.30. The monoisotopic (exact) mass is 220 g/mol. The molecule has 0 bridgehead atoms. The van der Waals surface area contributed by atoms with Gasteiger partial charge in [-0.25, -0.2) is 0 Å². The lowest BCUT2D eigenvalue weighted by molar-refractivity contribution is 0.0786. The Morgan fingerprint density at radius 3 is 2.19 bits per heavy atom. The Morgan fingerprint density at radius 2 is 1.69 bits per heavy atom. The third-order valence-corrected chi connectivity index (χ3v) is 3.06. The highest BCUT2D eigenvalue weighted by atomic mass is 16.3. The van der Waals surface area contributed by atoms with E-state index in [0.717, 1.165) is 31.7 Å². The third kappa shape index (κ3) is 2.54. The van der Waals surface area contributed by atoms with E-state index in [2.05, 4.69) is 22.3 Å². The zero-order chi connectivity index (χ0) is 11.6.